The Morgan fingerprint density at radius 3 is 2.57 bits per heavy atom. The molecule has 23 heavy (non-hydrogen) atoms. The summed E-state index contributed by atoms with van der Waals surface area (Å²) in [7, 11) is 0. The molecule has 1 aromatic carbocycles. The largest absolute Gasteiger partial charge is 0.468 e. The predicted molar refractivity (Wildman–Crippen MR) is 82.7 cm³/mol. The zero-order valence-corrected chi connectivity index (χ0v) is 12.5. The number of nitrogens with one attached hydrogen (secondary N) is 1. The highest BCUT2D eigenvalue weighted by Gasteiger charge is 2.20. The molecular weight excluding hydrogens is 298 g/mol. The van der Waals surface area contributed by atoms with Gasteiger partial charge in [0.1, 0.15) is 5.76 Å². The van der Waals surface area contributed by atoms with E-state index in [2.05, 4.69) is 10.3 Å². The van der Waals surface area contributed by atoms with Gasteiger partial charge >= 0.3 is 0 Å². The number of pyridine rings is 1. The highest BCUT2D eigenvalue weighted by atomic mass is 19.2. The lowest BCUT2D eigenvalue weighted by atomic mass is 9.98. The number of aromatic nitrogens is 1. The normalized spacial score (nSPS) is 13.7. The number of halogens is 2. The van der Waals surface area contributed by atoms with Crippen molar-refractivity contribution in [1.82, 2.24) is 10.3 Å². The monoisotopic (exact) mass is 314 g/mol. The van der Waals surface area contributed by atoms with Crippen molar-refractivity contribution in [2.45, 2.75) is 19.0 Å². The number of hydrogen-bond acceptors (Lipinski definition) is 3. The third-order valence-electron chi connectivity index (χ3n) is 3.68. The third kappa shape index (κ3) is 3.46. The first-order valence-corrected chi connectivity index (χ1v) is 7.29. The van der Waals surface area contributed by atoms with E-state index in [1.54, 1.807) is 30.8 Å². The molecule has 0 amide bonds. The summed E-state index contributed by atoms with van der Waals surface area (Å²) >= 11 is 0. The van der Waals surface area contributed by atoms with E-state index in [-0.39, 0.29) is 12.1 Å². The fraction of sp³-hybridized carbons (Fsp3) is 0.167. The first-order chi connectivity index (χ1) is 11.1. The number of benzene rings is 1. The minimum Gasteiger partial charge on any atom is -0.468 e. The Balaban J connectivity index is 1.95. The van der Waals surface area contributed by atoms with Crippen LogP contribution in [-0.2, 0) is 0 Å². The Kier molecular flexibility index (Phi) is 4.48. The topological polar surface area (TPSA) is 38.1 Å². The van der Waals surface area contributed by atoms with Gasteiger partial charge in [-0.25, -0.2) is 8.78 Å². The maximum absolute atomic E-state index is 13.6. The molecule has 0 unspecified atom stereocenters. The molecule has 0 aliphatic heterocycles. The van der Waals surface area contributed by atoms with Crippen LogP contribution in [0.25, 0.3) is 0 Å². The lowest BCUT2D eigenvalue weighted by molar-refractivity contribution is 0.410. The summed E-state index contributed by atoms with van der Waals surface area (Å²) in [5.74, 6) is -0.969. The molecule has 1 N–H and O–H groups in total. The van der Waals surface area contributed by atoms with Gasteiger partial charge in [0.05, 0.1) is 18.3 Å². The molecular formula is C18H16F2N2O. The van der Waals surface area contributed by atoms with E-state index in [1.807, 2.05) is 25.1 Å². The molecule has 0 aliphatic carbocycles. The molecule has 5 heteroatoms. The molecule has 0 spiro atoms. The van der Waals surface area contributed by atoms with E-state index < -0.39 is 11.6 Å². The maximum atomic E-state index is 13.6. The van der Waals surface area contributed by atoms with Crippen LogP contribution < -0.4 is 5.32 Å². The standard InChI is InChI=1S/C18H16F2N2O/c1-12(17-5-3-9-23-17)22-18(14-4-2-8-21-11-14)13-6-7-15(19)16(20)10-13/h2-12,18,22H,1H3/t12-,18+/m0/s1. The Hall–Kier alpha value is -2.53. The van der Waals surface area contributed by atoms with Crippen LogP contribution in [0.1, 0.15) is 35.9 Å². The van der Waals surface area contributed by atoms with Gasteiger partial charge in [0, 0.05) is 12.4 Å². The summed E-state index contributed by atoms with van der Waals surface area (Å²) in [4.78, 5) is 4.11. The fourth-order valence-corrected chi connectivity index (χ4v) is 2.49. The van der Waals surface area contributed by atoms with E-state index in [9.17, 15) is 8.78 Å². The van der Waals surface area contributed by atoms with Crippen molar-refractivity contribution in [3.8, 4) is 0 Å². The average Bonchev–Trinajstić information content (AvgIpc) is 3.10. The Morgan fingerprint density at radius 2 is 1.91 bits per heavy atom. The van der Waals surface area contributed by atoms with Crippen molar-refractivity contribution in [1.29, 1.82) is 0 Å². The Labute approximate surface area is 133 Å². The SMILES string of the molecule is C[C@H](N[C@@H](c1cccnc1)c1ccc(F)c(F)c1)c1ccco1. The van der Waals surface area contributed by atoms with Crippen LogP contribution in [-0.4, -0.2) is 4.98 Å². The fourth-order valence-electron chi connectivity index (χ4n) is 2.49. The van der Waals surface area contributed by atoms with Crippen molar-refractivity contribution in [2.75, 3.05) is 0 Å². The van der Waals surface area contributed by atoms with Gasteiger partial charge in [0.15, 0.2) is 11.6 Å². The summed E-state index contributed by atoms with van der Waals surface area (Å²) in [6.45, 7) is 1.95. The molecule has 2 aromatic heterocycles. The number of nitrogens with zero attached hydrogens (tertiary/aromatic N) is 1. The van der Waals surface area contributed by atoms with E-state index in [0.29, 0.717) is 5.56 Å². The zero-order chi connectivity index (χ0) is 16.2. The van der Waals surface area contributed by atoms with Gasteiger partial charge in [-0.2, -0.15) is 0 Å². The minimum atomic E-state index is -0.871. The molecule has 3 nitrogen and oxygen atoms in total. The van der Waals surface area contributed by atoms with Crippen LogP contribution in [0, 0.1) is 11.6 Å². The first-order valence-electron chi connectivity index (χ1n) is 7.29. The van der Waals surface area contributed by atoms with Gasteiger partial charge in [-0.15, -0.1) is 0 Å². The molecule has 0 fully saturated rings. The summed E-state index contributed by atoms with van der Waals surface area (Å²) in [5, 5.41) is 3.38. The molecule has 0 saturated carbocycles. The predicted octanol–water partition coefficient (Wildman–Crippen LogP) is 4.39. The quantitative estimate of drug-likeness (QED) is 0.759. The second-order valence-corrected chi connectivity index (χ2v) is 5.30. The van der Waals surface area contributed by atoms with Gasteiger partial charge < -0.3 is 4.42 Å². The van der Waals surface area contributed by atoms with Crippen LogP contribution in [0.15, 0.2) is 65.5 Å². The van der Waals surface area contributed by atoms with E-state index in [4.69, 9.17) is 4.42 Å². The van der Waals surface area contributed by atoms with Crippen molar-refractivity contribution in [3.05, 3.63) is 89.6 Å². The second-order valence-electron chi connectivity index (χ2n) is 5.30. The number of furan rings is 1. The Bertz CT molecular complexity index is 760. The average molecular weight is 314 g/mol. The van der Waals surface area contributed by atoms with Crippen LogP contribution in [0.3, 0.4) is 0 Å². The molecule has 2 atom stereocenters. The van der Waals surface area contributed by atoms with Gasteiger partial charge in [0.25, 0.3) is 0 Å². The van der Waals surface area contributed by atoms with Gasteiger partial charge in [-0.1, -0.05) is 12.1 Å². The third-order valence-corrected chi connectivity index (χ3v) is 3.68. The van der Waals surface area contributed by atoms with Crippen molar-refractivity contribution in [3.63, 3.8) is 0 Å². The molecule has 2 heterocycles. The number of rotatable bonds is 5. The van der Waals surface area contributed by atoms with E-state index in [0.717, 1.165) is 17.4 Å². The van der Waals surface area contributed by atoms with Crippen molar-refractivity contribution >= 4 is 0 Å². The molecule has 0 bridgehead atoms. The Morgan fingerprint density at radius 1 is 1.04 bits per heavy atom. The van der Waals surface area contributed by atoms with Crippen LogP contribution in [0.5, 0.6) is 0 Å². The van der Waals surface area contributed by atoms with Gasteiger partial charge in [-0.05, 0) is 48.4 Å². The van der Waals surface area contributed by atoms with Crippen LogP contribution >= 0.6 is 0 Å². The summed E-state index contributed by atoms with van der Waals surface area (Å²) in [6, 6.07) is 10.8. The lowest BCUT2D eigenvalue weighted by Crippen LogP contribution is -2.25. The molecule has 0 saturated heterocycles. The molecule has 0 aliphatic rings. The minimum absolute atomic E-state index is 0.108. The molecule has 3 rings (SSSR count). The summed E-state index contributed by atoms with van der Waals surface area (Å²) in [6.07, 6.45) is 4.97. The maximum Gasteiger partial charge on any atom is 0.159 e. The van der Waals surface area contributed by atoms with Crippen LogP contribution in [0.4, 0.5) is 8.78 Å². The highest BCUT2D eigenvalue weighted by molar-refractivity contribution is 5.31. The number of hydrogen-bond donors (Lipinski definition) is 1. The summed E-state index contributed by atoms with van der Waals surface area (Å²) in [5.41, 5.74) is 1.48. The molecule has 3 aromatic rings. The van der Waals surface area contributed by atoms with Crippen LogP contribution in [0.2, 0.25) is 0 Å². The lowest BCUT2D eigenvalue weighted by Gasteiger charge is -2.23. The molecule has 0 radical (unpaired) electrons. The smallest absolute Gasteiger partial charge is 0.159 e. The van der Waals surface area contributed by atoms with E-state index in [1.165, 1.54) is 6.07 Å². The van der Waals surface area contributed by atoms with Crippen molar-refractivity contribution < 1.29 is 13.2 Å². The van der Waals surface area contributed by atoms with E-state index >= 15 is 0 Å². The van der Waals surface area contributed by atoms with Crippen molar-refractivity contribution in [2.24, 2.45) is 0 Å². The first kappa shape index (κ1) is 15.4. The van der Waals surface area contributed by atoms with Gasteiger partial charge in [-0.3, -0.25) is 10.3 Å². The zero-order valence-electron chi connectivity index (χ0n) is 12.5. The second kappa shape index (κ2) is 6.71. The summed E-state index contributed by atoms with van der Waals surface area (Å²) < 4.78 is 32.3. The molecule has 118 valence electrons. The highest BCUT2D eigenvalue weighted by Crippen LogP contribution is 2.26. The van der Waals surface area contributed by atoms with Gasteiger partial charge in [0.2, 0.25) is 0 Å².